The van der Waals surface area contributed by atoms with E-state index in [4.69, 9.17) is 4.98 Å². The number of hydrogen-bond acceptors (Lipinski definition) is 5. The Labute approximate surface area is 163 Å². The lowest BCUT2D eigenvalue weighted by Gasteiger charge is -2.29. The molecule has 8 nitrogen and oxygen atoms in total. The van der Waals surface area contributed by atoms with Crippen LogP contribution < -0.4 is 11.2 Å². The van der Waals surface area contributed by atoms with E-state index < -0.39 is 5.69 Å². The van der Waals surface area contributed by atoms with Crippen LogP contribution in [0, 0.1) is 0 Å². The van der Waals surface area contributed by atoms with Gasteiger partial charge in [0.2, 0.25) is 0 Å². The molecule has 0 amide bonds. The minimum Gasteiger partial charge on any atom is -0.395 e. The standard InChI is InChI=1S/C20H27N5O3/c1-5-24(11-12-26)14(2)25-16(13-15-9-7-6-8-10-15)21-18-17(25)19(27)23(4)20(28)22(18)3/h6-10,14,26H,5,11-13H2,1-4H3. The molecule has 28 heavy (non-hydrogen) atoms. The van der Waals surface area contributed by atoms with Gasteiger partial charge >= 0.3 is 5.69 Å². The average molecular weight is 385 g/mol. The summed E-state index contributed by atoms with van der Waals surface area (Å²) in [5.41, 5.74) is 1.09. The van der Waals surface area contributed by atoms with E-state index in [1.165, 1.54) is 11.6 Å². The molecule has 0 radical (unpaired) electrons. The van der Waals surface area contributed by atoms with E-state index in [0.717, 1.165) is 10.1 Å². The molecule has 1 atom stereocenters. The molecule has 8 heteroatoms. The van der Waals surface area contributed by atoms with Crippen LogP contribution in [0.1, 0.15) is 31.4 Å². The van der Waals surface area contributed by atoms with Gasteiger partial charge in [-0.25, -0.2) is 9.78 Å². The predicted octanol–water partition coefficient (Wildman–Crippen LogP) is 0.857. The van der Waals surface area contributed by atoms with Gasteiger partial charge in [0, 0.05) is 27.1 Å². The molecule has 1 N–H and O–H groups in total. The molecule has 1 unspecified atom stereocenters. The van der Waals surface area contributed by atoms with Crippen molar-refractivity contribution >= 4 is 11.2 Å². The highest BCUT2D eigenvalue weighted by molar-refractivity contribution is 5.71. The number of aryl methyl sites for hydroxylation is 1. The van der Waals surface area contributed by atoms with Crippen LogP contribution in [0.2, 0.25) is 0 Å². The highest BCUT2D eigenvalue weighted by atomic mass is 16.3. The predicted molar refractivity (Wildman–Crippen MR) is 109 cm³/mol. The normalized spacial score (nSPS) is 12.8. The van der Waals surface area contributed by atoms with Gasteiger partial charge in [-0.2, -0.15) is 0 Å². The smallest absolute Gasteiger partial charge is 0.332 e. The molecule has 150 valence electrons. The van der Waals surface area contributed by atoms with Crippen molar-refractivity contribution in [3.05, 3.63) is 62.6 Å². The Bertz CT molecular complexity index is 1080. The number of benzene rings is 1. The quantitative estimate of drug-likeness (QED) is 0.652. The Kier molecular flexibility index (Phi) is 5.81. The van der Waals surface area contributed by atoms with E-state index in [1.807, 2.05) is 48.7 Å². The van der Waals surface area contributed by atoms with Gasteiger partial charge < -0.3 is 9.67 Å². The molecule has 2 heterocycles. The van der Waals surface area contributed by atoms with E-state index >= 15 is 0 Å². The average Bonchev–Trinajstić information content (AvgIpc) is 3.08. The maximum atomic E-state index is 13.0. The lowest BCUT2D eigenvalue weighted by atomic mass is 10.1. The minimum absolute atomic E-state index is 0.0231. The van der Waals surface area contributed by atoms with Crippen molar-refractivity contribution in [1.82, 2.24) is 23.6 Å². The lowest BCUT2D eigenvalue weighted by Crippen LogP contribution is -2.39. The number of fused-ring (bicyclic) bond motifs is 1. The molecule has 0 aliphatic heterocycles. The first-order valence-corrected chi connectivity index (χ1v) is 9.46. The van der Waals surface area contributed by atoms with Gasteiger partial charge in [0.1, 0.15) is 5.82 Å². The van der Waals surface area contributed by atoms with E-state index in [-0.39, 0.29) is 18.3 Å². The van der Waals surface area contributed by atoms with Crippen LogP contribution in [-0.2, 0) is 20.5 Å². The van der Waals surface area contributed by atoms with Crippen molar-refractivity contribution in [1.29, 1.82) is 0 Å². The number of aromatic nitrogens is 4. The van der Waals surface area contributed by atoms with Crippen molar-refractivity contribution in [2.75, 3.05) is 19.7 Å². The van der Waals surface area contributed by atoms with Crippen molar-refractivity contribution in [3.8, 4) is 0 Å². The summed E-state index contributed by atoms with van der Waals surface area (Å²) in [7, 11) is 3.11. The van der Waals surface area contributed by atoms with Crippen LogP contribution in [0.5, 0.6) is 0 Å². The minimum atomic E-state index is -0.399. The summed E-state index contributed by atoms with van der Waals surface area (Å²) in [6.45, 7) is 5.21. The molecule has 0 bridgehead atoms. The van der Waals surface area contributed by atoms with Crippen molar-refractivity contribution in [2.45, 2.75) is 26.4 Å². The summed E-state index contributed by atoms with van der Waals surface area (Å²) in [5, 5.41) is 9.43. The van der Waals surface area contributed by atoms with E-state index in [2.05, 4.69) is 4.90 Å². The Hall–Kier alpha value is -2.71. The van der Waals surface area contributed by atoms with Crippen LogP contribution in [0.3, 0.4) is 0 Å². The molecule has 0 saturated carbocycles. The molecule has 0 aliphatic rings. The molecular formula is C20H27N5O3. The lowest BCUT2D eigenvalue weighted by molar-refractivity contribution is 0.127. The van der Waals surface area contributed by atoms with E-state index in [0.29, 0.717) is 36.5 Å². The molecule has 0 saturated heterocycles. The summed E-state index contributed by atoms with van der Waals surface area (Å²) in [6.07, 6.45) is 0.333. The summed E-state index contributed by atoms with van der Waals surface area (Å²) in [5.74, 6) is 0.711. The van der Waals surface area contributed by atoms with Gasteiger partial charge in [-0.1, -0.05) is 37.3 Å². The second-order valence-electron chi connectivity index (χ2n) is 6.92. The largest absolute Gasteiger partial charge is 0.395 e. The van der Waals surface area contributed by atoms with Crippen molar-refractivity contribution < 1.29 is 5.11 Å². The third kappa shape index (κ3) is 3.41. The fourth-order valence-corrected chi connectivity index (χ4v) is 3.67. The highest BCUT2D eigenvalue weighted by Gasteiger charge is 2.25. The van der Waals surface area contributed by atoms with Crippen molar-refractivity contribution in [2.24, 2.45) is 14.1 Å². The molecule has 2 aromatic heterocycles. The van der Waals surface area contributed by atoms with Crippen molar-refractivity contribution in [3.63, 3.8) is 0 Å². The Balaban J connectivity index is 2.29. The maximum absolute atomic E-state index is 13.0. The third-order valence-electron chi connectivity index (χ3n) is 5.27. The summed E-state index contributed by atoms with van der Waals surface area (Å²) < 4.78 is 4.43. The monoisotopic (exact) mass is 385 g/mol. The van der Waals surface area contributed by atoms with Gasteiger partial charge in [-0.3, -0.25) is 18.8 Å². The van der Waals surface area contributed by atoms with Gasteiger partial charge in [0.15, 0.2) is 11.2 Å². The van der Waals surface area contributed by atoms with Crippen LogP contribution in [0.15, 0.2) is 39.9 Å². The molecule has 3 rings (SSSR count). The summed E-state index contributed by atoms with van der Waals surface area (Å²) in [4.78, 5) is 32.1. The molecule has 0 spiro atoms. The van der Waals surface area contributed by atoms with Gasteiger partial charge in [0.05, 0.1) is 12.8 Å². The van der Waals surface area contributed by atoms with E-state index in [1.54, 1.807) is 7.05 Å². The number of aliphatic hydroxyl groups is 1. The van der Waals surface area contributed by atoms with Crippen LogP contribution in [-0.4, -0.2) is 48.4 Å². The number of likely N-dealkylation sites (N-methyl/N-ethyl adjacent to an activating group) is 1. The topological polar surface area (TPSA) is 85.3 Å². The second-order valence-corrected chi connectivity index (χ2v) is 6.92. The Morgan fingerprint density at radius 3 is 2.43 bits per heavy atom. The first-order chi connectivity index (χ1) is 13.4. The van der Waals surface area contributed by atoms with Gasteiger partial charge in [-0.15, -0.1) is 0 Å². The zero-order chi connectivity index (χ0) is 20.4. The molecule has 1 aromatic carbocycles. The first-order valence-electron chi connectivity index (χ1n) is 9.46. The zero-order valence-electron chi connectivity index (χ0n) is 16.8. The van der Waals surface area contributed by atoms with Crippen LogP contribution in [0.25, 0.3) is 11.2 Å². The number of rotatable bonds is 7. The third-order valence-corrected chi connectivity index (χ3v) is 5.27. The van der Waals surface area contributed by atoms with Gasteiger partial charge in [-0.05, 0) is 19.0 Å². The molecular weight excluding hydrogens is 358 g/mol. The number of imidazole rings is 1. The summed E-state index contributed by atoms with van der Waals surface area (Å²) in [6, 6.07) is 9.90. The summed E-state index contributed by atoms with van der Waals surface area (Å²) >= 11 is 0. The molecule has 3 aromatic rings. The Morgan fingerprint density at radius 1 is 1.14 bits per heavy atom. The number of hydrogen-bond donors (Lipinski definition) is 1. The van der Waals surface area contributed by atoms with E-state index in [9.17, 15) is 14.7 Å². The van der Waals surface area contributed by atoms with Crippen LogP contribution >= 0.6 is 0 Å². The number of nitrogens with zero attached hydrogens (tertiary/aromatic N) is 5. The maximum Gasteiger partial charge on any atom is 0.332 e. The Morgan fingerprint density at radius 2 is 1.82 bits per heavy atom. The fourth-order valence-electron chi connectivity index (χ4n) is 3.67. The SMILES string of the molecule is CCN(CCO)C(C)n1c(Cc2ccccc2)nc2c1c(=O)n(C)c(=O)n2C. The molecule has 0 fully saturated rings. The van der Waals surface area contributed by atoms with Crippen LogP contribution in [0.4, 0.5) is 0 Å². The zero-order valence-corrected chi connectivity index (χ0v) is 16.8. The second kappa shape index (κ2) is 8.12. The number of aliphatic hydroxyl groups excluding tert-OH is 1. The first kappa shape index (κ1) is 20.0. The van der Waals surface area contributed by atoms with Gasteiger partial charge in [0.25, 0.3) is 5.56 Å². The fraction of sp³-hybridized carbons (Fsp3) is 0.450. The highest BCUT2D eigenvalue weighted by Crippen LogP contribution is 2.22. The molecule has 0 aliphatic carbocycles.